The zero-order chi connectivity index (χ0) is 5.91. The summed E-state index contributed by atoms with van der Waals surface area (Å²) >= 11 is 1.79. The van der Waals surface area contributed by atoms with Gasteiger partial charge in [-0.05, 0) is 6.23 Å². The van der Waals surface area contributed by atoms with Gasteiger partial charge in [0.1, 0.15) is 7.22 Å². The molecule has 0 aliphatic rings. The van der Waals surface area contributed by atoms with E-state index in [2.05, 4.69) is 19.6 Å². The number of hydrogen-bond acceptors (Lipinski definition) is 1. The molecular weight excluding hydrogens is 108 g/mol. The SMILES string of the molecule is [2H]CS[Si](C)(C)C. The van der Waals surface area contributed by atoms with Crippen molar-refractivity contribution in [3.05, 3.63) is 0 Å². The van der Waals surface area contributed by atoms with Gasteiger partial charge in [-0.3, -0.25) is 0 Å². The molecule has 0 N–H and O–H groups in total. The van der Waals surface area contributed by atoms with Gasteiger partial charge in [-0.25, -0.2) is 0 Å². The number of rotatable bonds is 1. The predicted octanol–water partition coefficient (Wildman–Crippen LogP) is 2.18. The molecule has 0 aliphatic heterocycles. The predicted molar refractivity (Wildman–Crippen MR) is 36.9 cm³/mol. The molecule has 0 aromatic carbocycles. The van der Waals surface area contributed by atoms with E-state index in [0.717, 1.165) is 0 Å². The van der Waals surface area contributed by atoms with E-state index in [4.69, 9.17) is 1.37 Å². The van der Waals surface area contributed by atoms with Crippen LogP contribution in [0.5, 0.6) is 0 Å². The second kappa shape index (κ2) is 2.03. The van der Waals surface area contributed by atoms with Crippen molar-refractivity contribution in [2.75, 3.05) is 6.23 Å². The zero-order valence-corrected chi connectivity index (χ0v) is 6.43. The summed E-state index contributed by atoms with van der Waals surface area (Å²) in [4.78, 5) is 0. The maximum Gasteiger partial charge on any atom is 0.107 e. The van der Waals surface area contributed by atoms with Crippen LogP contribution in [0.2, 0.25) is 19.6 Å². The fraction of sp³-hybridized carbons (Fsp3) is 1.00. The Morgan fingerprint density at radius 1 is 1.50 bits per heavy atom. The van der Waals surface area contributed by atoms with E-state index in [-0.39, 0.29) is 0 Å². The van der Waals surface area contributed by atoms with Gasteiger partial charge in [0.15, 0.2) is 0 Å². The number of hydrogen-bond donors (Lipinski definition) is 0. The molecule has 0 saturated heterocycles. The zero-order valence-electron chi connectivity index (χ0n) is 5.62. The van der Waals surface area contributed by atoms with Gasteiger partial charge >= 0.3 is 0 Å². The second-order valence-electron chi connectivity index (χ2n) is 2.26. The Morgan fingerprint density at radius 3 is 2.00 bits per heavy atom. The van der Waals surface area contributed by atoms with Gasteiger partial charge in [-0.15, -0.1) is 0 Å². The summed E-state index contributed by atoms with van der Waals surface area (Å²) in [6.45, 7) is 6.77. The standard InChI is InChI=1S/C4H12SSi/c1-5-6(2,3)4/h1-4H3/i1D. The highest BCUT2D eigenvalue weighted by Crippen LogP contribution is 2.13. The first kappa shape index (κ1) is 4.72. The Hall–Kier alpha value is 0.567. The van der Waals surface area contributed by atoms with E-state index >= 15 is 0 Å². The molecule has 0 bridgehead atoms. The molecule has 6 heavy (non-hydrogen) atoms. The van der Waals surface area contributed by atoms with Gasteiger partial charge in [-0.2, -0.15) is 11.2 Å². The molecule has 0 aromatic rings. The van der Waals surface area contributed by atoms with Gasteiger partial charge in [0.25, 0.3) is 0 Å². The lowest BCUT2D eigenvalue weighted by molar-refractivity contribution is 1.88. The highest BCUT2D eigenvalue weighted by molar-refractivity contribution is 8.28. The summed E-state index contributed by atoms with van der Waals surface area (Å²) in [6.07, 6.45) is 0.537. The maximum atomic E-state index is 6.86. The molecule has 0 aliphatic carbocycles. The quantitative estimate of drug-likeness (QED) is 0.479. The fourth-order valence-corrected chi connectivity index (χ4v) is 0. The largest absolute Gasteiger partial charge is 0.189 e. The van der Waals surface area contributed by atoms with Crippen molar-refractivity contribution in [1.29, 1.82) is 0 Å². The Bertz CT molecular complexity index is 50.1. The molecule has 0 fully saturated rings. The average molecular weight is 121 g/mol. The van der Waals surface area contributed by atoms with Crippen molar-refractivity contribution in [3.8, 4) is 0 Å². The second-order valence-corrected chi connectivity index (χ2v) is 11.3. The Morgan fingerprint density at radius 2 is 2.00 bits per heavy atom. The lowest BCUT2D eigenvalue weighted by Crippen LogP contribution is -2.11. The van der Waals surface area contributed by atoms with Crippen LogP contribution >= 0.6 is 11.2 Å². The average Bonchev–Trinajstić information content (AvgIpc) is 1.30. The Labute approximate surface area is 46.4 Å². The summed E-state index contributed by atoms with van der Waals surface area (Å²) in [6, 6.07) is 0. The van der Waals surface area contributed by atoms with Crippen LogP contribution in [0.15, 0.2) is 0 Å². The third-order valence-corrected chi connectivity index (χ3v) is 3.90. The molecule has 0 heterocycles. The minimum absolute atomic E-state index is 0.537. The van der Waals surface area contributed by atoms with Crippen LogP contribution in [-0.4, -0.2) is 13.5 Å². The van der Waals surface area contributed by atoms with Crippen molar-refractivity contribution in [2.24, 2.45) is 0 Å². The maximum absolute atomic E-state index is 6.86. The first-order valence-corrected chi connectivity index (χ1v) is 7.20. The molecule has 0 amide bonds. The van der Waals surface area contributed by atoms with Crippen molar-refractivity contribution in [1.82, 2.24) is 0 Å². The third-order valence-electron chi connectivity index (χ3n) is 0.433. The van der Waals surface area contributed by atoms with E-state index in [1.807, 2.05) is 0 Å². The van der Waals surface area contributed by atoms with Crippen molar-refractivity contribution in [3.63, 3.8) is 0 Å². The lowest BCUT2D eigenvalue weighted by atomic mass is 11.8. The molecule has 0 unspecified atom stereocenters. The van der Waals surface area contributed by atoms with Gasteiger partial charge in [-0.1, -0.05) is 19.6 Å². The normalized spacial score (nSPS) is 14.2. The molecule has 0 atom stereocenters. The summed E-state index contributed by atoms with van der Waals surface area (Å²) in [7, 11) is -0.928. The summed E-state index contributed by atoms with van der Waals surface area (Å²) in [5.41, 5.74) is 0. The highest BCUT2D eigenvalue weighted by atomic mass is 32.4. The first-order chi connectivity index (χ1) is 3.06. The molecule has 0 rings (SSSR count). The molecule has 38 valence electrons. The fourth-order valence-electron chi connectivity index (χ4n) is 0. The molecular formula is C4H12SSi. The van der Waals surface area contributed by atoms with Crippen LogP contribution in [0.3, 0.4) is 0 Å². The van der Waals surface area contributed by atoms with Gasteiger partial charge < -0.3 is 0 Å². The molecule has 0 radical (unpaired) electrons. The molecule has 0 nitrogen and oxygen atoms in total. The third kappa shape index (κ3) is 4.57. The van der Waals surface area contributed by atoms with Gasteiger partial charge in [0.05, 0.1) is 0 Å². The van der Waals surface area contributed by atoms with E-state index in [1.165, 1.54) is 0 Å². The first-order valence-electron chi connectivity index (χ1n) is 2.70. The molecule has 0 saturated carbocycles. The Kier molecular flexibility index (Phi) is 1.59. The van der Waals surface area contributed by atoms with Crippen molar-refractivity contribution < 1.29 is 1.37 Å². The van der Waals surface area contributed by atoms with Crippen LogP contribution < -0.4 is 0 Å². The molecule has 0 spiro atoms. The van der Waals surface area contributed by atoms with Crippen LogP contribution in [-0.2, 0) is 0 Å². The van der Waals surface area contributed by atoms with E-state index in [0.29, 0.717) is 6.23 Å². The minimum atomic E-state index is -0.928. The van der Waals surface area contributed by atoms with Crippen LogP contribution in [0.4, 0.5) is 0 Å². The van der Waals surface area contributed by atoms with E-state index in [1.54, 1.807) is 11.2 Å². The van der Waals surface area contributed by atoms with Gasteiger partial charge in [0, 0.05) is 1.37 Å². The van der Waals surface area contributed by atoms with Crippen LogP contribution in [0.1, 0.15) is 1.37 Å². The van der Waals surface area contributed by atoms with Crippen LogP contribution in [0, 0.1) is 0 Å². The smallest absolute Gasteiger partial charge is 0.107 e. The Balaban J connectivity index is 3.15. The molecule has 0 aromatic heterocycles. The summed E-state index contributed by atoms with van der Waals surface area (Å²) in [5, 5.41) is 0. The minimum Gasteiger partial charge on any atom is -0.189 e. The van der Waals surface area contributed by atoms with Gasteiger partial charge in [0.2, 0.25) is 0 Å². The highest BCUT2D eigenvalue weighted by Gasteiger charge is 2.08. The topological polar surface area (TPSA) is 0 Å². The lowest BCUT2D eigenvalue weighted by Gasteiger charge is -2.08. The monoisotopic (exact) mass is 121 g/mol. The van der Waals surface area contributed by atoms with E-state index in [9.17, 15) is 0 Å². The molecule has 2 heteroatoms. The summed E-state index contributed by atoms with van der Waals surface area (Å²) in [5.74, 6) is 0. The van der Waals surface area contributed by atoms with Crippen LogP contribution in [0.25, 0.3) is 0 Å². The van der Waals surface area contributed by atoms with Crippen molar-refractivity contribution >= 4 is 18.4 Å². The summed E-state index contributed by atoms with van der Waals surface area (Å²) < 4.78 is 6.86. The van der Waals surface area contributed by atoms with Crippen molar-refractivity contribution in [2.45, 2.75) is 19.6 Å². The van der Waals surface area contributed by atoms with E-state index < -0.39 is 7.22 Å².